The van der Waals surface area contributed by atoms with Gasteiger partial charge in [-0.2, -0.15) is 10.4 Å². The number of aryl methyl sites for hydroxylation is 1. The molecule has 1 aliphatic carbocycles. The molecule has 0 saturated heterocycles. The predicted octanol–water partition coefficient (Wildman–Crippen LogP) is 4.30. The molecule has 3 heterocycles. The van der Waals surface area contributed by atoms with Gasteiger partial charge in [0, 0.05) is 36.8 Å². The first-order valence-corrected chi connectivity index (χ1v) is 10.9. The number of aromatic amines is 1. The molecule has 4 aromatic rings. The number of imidazole rings is 1. The molecule has 8 heteroatoms. The van der Waals surface area contributed by atoms with Crippen molar-refractivity contribution in [3.05, 3.63) is 65.2 Å². The summed E-state index contributed by atoms with van der Waals surface area (Å²) in [5.41, 5.74) is 4.42. The molecule has 1 fully saturated rings. The maximum atomic E-state index is 10.00. The quantitative estimate of drug-likeness (QED) is 0.436. The third-order valence-corrected chi connectivity index (χ3v) is 5.93. The number of H-pyrrole nitrogens is 1. The van der Waals surface area contributed by atoms with E-state index in [0.29, 0.717) is 11.2 Å². The number of aromatic nitrogens is 5. The van der Waals surface area contributed by atoms with Crippen LogP contribution in [0.25, 0.3) is 11.2 Å². The predicted molar refractivity (Wildman–Crippen MR) is 123 cm³/mol. The molecule has 0 unspecified atom stereocenters. The number of hydrogen-bond donors (Lipinski definition) is 3. The van der Waals surface area contributed by atoms with Gasteiger partial charge in [-0.3, -0.25) is 4.68 Å². The van der Waals surface area contributed by atoms with Gasteiger partial charge in [0.05, 0.1) is 23.1 Å². The molecule has 0 bridgehead atoms. The summed E-state index contributed by atoms with van der Waals surface area (Å²) in [6.07, 6.45) is 6.45. The molecule has 0 aliphatic heterocycles. The van der Waals surface area contributed by atoms with E-state index in [4.69, 9.17) is 10.2 Å². The van der Waals surface area contributed by atoms with Crippen LogP contribution in [-0.4, -0.2) is 29.8 Å². The van der Waals surface area contributed by atoms with Gasteiger partial charge in [-0.05, 0) is 30.5 Å². The molecule has 3 N–H and O–H groups in total. The Morgan fingerprint density at radius 1 is 1.25 bits per heavy atom. The van der Waals surface area contributed by atoms with Crippen molar-refractivity contribution in [1.29, 1.82) is 5.26 Å². The van der Waals surface area contributed by atoms with Gasteiger partial charge in [0.1, 0.15) is 11.9 Å². The van der Waals surface area contributed by atoms with Crippen LogP contribution in [0.5, 0.6) is 0 Å². The minimum Gasteiger partial charge on any atom is -0.392 e. The van der Waals surface area contributed by atoms with Crippen LogP contribution in [0.15, 0.2) is 42.7 Å². The lowest BCUT2D eigenvalue weighted by Gasteiger charge is -2.41. The second-order valence-electron chi connectivity index (χ2n) is 7.76. The first-order valence-electron chi connectivity index (χ1n) is 10.9. The van der Waals surface area contributed by atoms with Crippen LogP contribution in [-0.2, 0) is 19.1 Å². The lowest BCUT2D eigenvalue weighted by molar-refractivity contribution is 0.276. The summed E-state index contributed by atoms with van der Waals surface area (Å²) in [5.74, 6) is 1.59. The molecule has 8 nitrogen and oxygen atoms in total. The maximum absolute atomic E-state index is 10.00. The Bertz CT molecular complexity index is 1280. The molecule has 0 atom stereocenters. The van der Waals surface area contributed by atoms with Gasteiger partial charge in [0.15, 0.2) is 11.5 Å². The first-order chi connectivity index (χ1) is 15.6. The smallest absolute Gasteiger partial charge is 0.177 e. The van der Waals surface area contributed by atoms with E-state index >= 15 is 0 Å². The topological polar surface area (TPSA) is 115 Å². The first kappa shape index (κ1) is 21.5. The van der Waals surface area contributed by atoms with Crippen molar-refractivity contribution < 1.29 is 5.11 Å². The second-order valence-corrected chi connectivity index (χ2v) is 7.76. The highest BCUT2D eigenvalue weighted by Crippen LogP contribution is 2.48. The molecule has 0 radical (unpaired) electrons. The van der Waals surface area contributed by atoms with Crippen LogP contribution in [0.1, 0.15) is 55.6 Å². The van der Waals surface area contributed by atoms with Gasteiger partial charge in [-0.1, -0.05) is 32.4 Å². The number of aliphatic hydroxyl groups excluding tert-OH is 1. The van der Waals surface area contributed by atoms with Crippen molar-refractivity contribution in [3.8, 4) is 6.07 Å². The Hall–Kier alpha value is -3.70. The number of benzene rings is 1. The lowest BCUT2D eigenvalue weighted by Crippen LogP contribution is -2.36. The van der Waals surface area contributed by atoms with Crippen LogP contribution in [0.4, 0.5) is 11.5 Å². The average Bonchev–Trinajstić information content (AvgIpc) is 3.40. The summed E-state index contributed by atoms with van der Waals surface area (Å²) in [6.45, 7) is 3.92. The fourth-order valence-corrected chi connectivity index (χ4v) is 4.14. The summed E-state index contributed by atoms with van der Waals surface area (Å²) in [5, 5.41) is 26.7. The third-order valence-electron chi connectivity index (χ3n) is 5.93. The van der Waals surface area contributed by atoms with Crippen molar-refractivity contribution in [2.75, 3.05) is 5.32 Å². The van der Waals surface area contributed by atoms with E-state index in [9.17, 15) is 5.11 Å². The number of nitriles is 1. The number of fused-ring (bicyclic) bond motifs is 1. The van der Waals surface area contributed by atoms with Crippen LogP contribution in [0.2, 0.25) is 0 Å². The van der Waals surface area contributed by atoms with E-state index in [-0.39, 0.29) is 12.0 Å². The molecule has 0 spiro atoms. The lowest BCUT2D eigenvalue weighted by atomic mass is 9.63. The molecule has 1 aromatic carbocycles. The van der Waals surface area contributed by atoms with E-state index in [1.54, 1.807) is 16.9 Å². The molecule has 1 saturated carbocycles. The van der Waals surface area contributed by atoms with Gasteiger partial charge in [0.25, 0.3) is 0 Å². The summed E-state index contributed by atoms with van der Waals surface area (Å²) in [7, 11) is 1.86. The molecule has 164 valence electrons. The van der Waals surface area contributed by atoms with E-state index in [2.05, 4.69) is 32.5 Å². The van der Waals surface area contributed by atoms with Crippen LogP contribution >= 0.6 is 0 Å². The minimum atomic E-state index is -0.235. The van der Waals surface area contributed by atoms with E-state index in [1.165, 1.54) is 0 Å². The van der Waals surface area contributed by atoms with Gasteiger partial charge in [0.2, 0.25) is 0 Å². The van der Waals surface area contributed by atoms with Crippen molar-refractivity contribution in [1.82, 2.24) is 24.7 Å². The largest absolute Gasteiger partial charge is 0.392 e. The zero-order valence-electron chi connectivity index (χ0n) is 18.6. The SMILES string of the molecule is CC.Cn1ccc(Nc2ccc(C3(c4nc5ncc(C#N)cc5[nH]4)CCC3)cc2CO)n1. The number of aliphatic hydroxyl groups is 1. The zero-order chi connectivity index (χ0) is 22.7. The standard InChI is InChI=1S/C22H21N7O.C2H6/c1-29-8-5-19(28-29)25-17-4-3-16(10-15(17)13-30)22(6-2-7-22)21-26-18-9-14(11-23)12-24-20(18)27-21;1-2/h3-5,8-10,12,30H,2,6-7,13H2,1H3,(H,25,28)(H,24,26,27);1-2H3. The number of anilines is 2. The summed E-state index contributed by atoms with van der Waals surface area (Å²) >= 11 is 0. The number of hydrogen-bond acceptors (Lipinski definition) is 6. The average molecular weight is 430 g/mol. The minimum absolute atomic E-state index is 0.0771. The monoisotopic (exact) mass is 429 g/mol. The van der Waals surface area contributed by atoms with Crippen molar-refractivity contribution >= 4 is 22.7 Å². The number of pyridine rings is 1. The van der Waals surface area contributed by atoms with Crippen molar-refractivity contribution in [2.24, 2.45) is 7.05 Å². The zero-order valence-corrected chi connectivity index (χ0v) is 18.6. The van der Waals surface area contributed by atoms with Gasteiger partial charge >= 0.3 is 0 Å². The number of nitrogens with one attached hydrogen (secondary N) is 2. The Morgan fingerprint density at radius 3 is 2.69 bits per heavy atom. The van der Waals surface area contributed by atoms with Crippen LogP contribution in [0.3, 0.4) is 0 Å². The van der Waals surface area contributed by atoms with E-state index in [1.807, 2.05) is 45.3 Å². The third kappa shape index (κ3) is 3.72. The number of rotatable bonds is 5. The van der Waals surface area contributed by atoms with Gasteiger partial charge in [-0.25, -0.2) is 9.97 Å². The fraction of sp³-hybridized carbons (Fsp3) is 0.333. The Balaban J connectivity index is 0.00000119. The second kappa shape index (κ2) is 8.81. The van der Waals surface area contributed by atoms with Gasteiger partial charge < -0.3 is 15.4 Å². The van der Waals surface area contributed by atoms with E-state index < -0.39 is 0 Å². The Kier molecular flexibility index (Phi) is 5.93. The van der Waals surface area contributed by atoms with Gasteiger partial charge in [-0.15, -0.1) is 0 Å². The molecule has 1 aliphatic rings. The van der Waals surface area contributed by atoms with Crippen molar-refractivity contribution in [2.45, 2.75) is 45.1 Å². The molecule has 3 aromatic heterocycles. The molecular weight excluding hydrogens is 402 g/mol. The molecule has 0 amide bonds. The van der Waals surface area contributed by atoms with Crippen LogP contribution in [0, 0.1) is 11.3 Å². The summed E-state index contributed by atoms with van der Waals surface area (Å²) in [4.78, 5) is 12.4. The summed E-state index contributed by atoms with van der Waals surface area (Å²) < 4.78 is 1.73. The van der Waals surface area contributed by atoms with E-state index in [0.717, 1.165) is 53.2 Å². The molecular formula is C24H27N7O. The fourth-order valence-electron chi connectivity index (χ4n) is 4.14. The van der Waals surface area contributed by atoms with Crippen LogP contribution < -0.4 is 5.32 Å². The molecule has 32 heavy (non-hydrogen) atoms. The van der Waals surface area contributed by atoms with Crippen molar-refractivity contribution in [3.63, 3.8) is 0 Å². The highest BCUT2D eigenvalue weighted by molar-refractivity contribution is 5.73. The molecule has 5 rings (SSSR count). The Labute approximate surface area is 187 Å². The highest BCUT2D eigenvalue weighted by Gasteiger charge is 2.43. The maximum Gasteiger partial charge on any atom is 0.177 e. The Morgan fingerprint density at radius 2 is 2.06 bits per heavy atom. The highest BCUT2D eigenvalue weighted by atomic mass is 16.3. The number of nitrogens with zero attached hydrogens (tertiary/aromatic N) is 5. The normalized spacial score (nSPS) is 14.2. The summed E-state index contributed by atoms with van der Waals surface area (Å²) in [6, 6.07) is 11.9.